The summed E-state index contributed by atoms with van der Waals surface area (Å²) in [5.41, 5.74) is 2.98. The van der Waals surface area contributed by atoms with Gasteiger partial charge in [-0.2, -0.15) is 13.2 Å². The lowest BCUT2D eigenvalue weighted by atomic mass is 9.97. The molecule has 0 radical (unpaired) electrons. The number of halogens is 6. The molecule has 0 heterocycles. The first-order valence-electron chi connectivity index (χ1n) is 10.4. The quantitative estimate of drug-likeness (QED) is 0.184. The van der Waals surface area contributed by atoms with Crippen molar-refractivity contribution in [2.24, 2.45) is 0 Å². The predicted octanol–water partition coefficient (Wildman–Crippen LogP) is 3.30. The number of hydrogen-bond acceptors (Lipinski definition) is 1. The van der Waals surface area contributed by atoms with Crippen LogP contribution in [0.2, 0.25) is 0 Å². The van der Waals surface area contributed by atoms with Gasteiger partial charge in [-0.1, -0.05) is 24.3 Å². The van der Waals surface area contributed by atoms with Gasteiger partial charge >= 0.3 is 6.18 Å². The summed E-state index contributed by atoms with van der Waals surface area (Å²) in [4.78, 5) is 0. The minimum Gasteiger partial charge on any atom is -1.00 e. The van der Waals surface area contributed by atoms with E-state index in [1.54, 1.807) is 14.1 Å². The average Bonchev–Trinajstić information content (AvgIpc) is 2.64. The molecule has 0 saturated carbocycles. The van der Waals surface area contributed by atoms with Crippen LogP contribution in [0.4, 0.5) is 22.0 Å². The largest absolute Gasteiger partial charge is 1.00 e. The SMILES string of the molecule is Cc1cccc(C)c1C(C[N+](C)(C)CCC(F)(F)F)OCCCc1c(F)cccc1F.[I-]. The zero-order chi connectivity index (χ0) is 23.2. The van der Waals surface area contributed by atoms with Gasteiger partial charge < -0.3 is 33.2 Å². The Bertz CT molecular complexity index is 829. The molecule has 2 aromatic carbocycles. The van der Waals surface area contributed by atoms with Crippen LogP contribution in [0.5, 0.6) is 0 Å². The van der Waals surface area contributed by atoms with E-state index in [1.165, 1.54) is 18.2 Å². The van der Waals surface area contributed by atoms with Crippen molar-refractivity contribution in [3.05, 3.63) is 70.3 Å². The lowest BCUT2D eigenvalue weighted by Crippen LogP contribution is -3.00. The van der Waals surface area contributed by atoms with E-state index < -0.39 is 30.3 Å². The molecule has 2 aromatic rings. The fraction of sp³-hybridized carbons (Fsp3) is 0.500. The number of rotatable bonds is 10. The summed E-state index contributed by atoms with van der Waals surface area (Å²) in [6.45, 7) is 4.43. The fourth-order valence-corrected chi connectivity index (χ4v) is 3.78. The fourth-order valence-electron chi connectivity index (χ4n) is 3.78. The van der Waals surface area contributed by atoms with E-state index in [9.17, 15) is 22.0 Å². The van der Waals surface area contributed by atoms with Crippen LogP contribution < -0.4 is 24.0 Å². The van der Waals surface area contributed by atoms with Crippen LogP contribution in [0.1, 0.15) is 41.2 Å². The summed E-state index contributed by atoms with van der Waals surface area (Å²) in [5.74, 6) is -1.17. The summed E-state index contributed by atoms with van der Waals surface area (Å²) in [7, 11) is 3.51. The van der Waals surface area contributed by atoms with Crippen molar-refractivity contribution in [1.82, 2.24) is 0 Å². The molecule has 2 nitrogen and oxygen atoms in total. The van der Waals surface area contributed by atoms with E-state index in [4.69, 9.17) is 4.74 Å². The van der Waals surface area contributed by atoms with Crippen molar-refractivity contribution < 1.29 is 55.1 Å². The van der Waals surface area contributed by atoms with Gasteiger partial charge in [0.25, 0.3) is 0 Å². The van der Waals surface area contributed by atoms with Gasteiger partial charge in [-0.3, -0.25) is 0 Å². The first kappa shape index (κ1) is 28.8. The highest BCUT2D eigenvalue weighted by atomic mass is 127. The molecule has 8 heteroatoms. The molecule has 0 bridgehead atoms. The second-order valence-corrected chi connectivity index (χ2v) is 8.68. The summed E-state index contributed by atoms with van der Waals surface area (Å²) in [5, 5.41) is 0. The lowest BCUT2D eigenvalue weighted by Gasteiger charge is -2.35. The van der Waals surface area contributed by atoms with Gasteiger partial charge in [0, 0.05) is 12.2 Å². The number of nitrogens with zero attached hydrogens (tertiary/aromatic N) is 1. The van der Waals surface area contributed by atoms with Crippen LogP contribution in [0.15, 0.2) is 36.4 Å². The third-order valence-corrected chi connectivity index (χ3v) is 5.48. The Morgan fingerprint density at radius 1 is 0.938 bits per heavy atom. The van der Waals surface area contributed by atoms with Crippen molar-refractivity contribution in [3.8, 4) is 0 Å². The molecule has 0 spiro atoms. The van der Waals surface area contributed by atoms with Crippen molar-refractivity contribution in [1.29, 1.82) is 0 Å². The Labute approximate surface area is 204 Å². The normalized spacial score (nSPS) is 13.0. The Kier molecular flexibility index (Phi) is 11.0. The summed E-state index contributed by atoms with van der Waals surface area (Å²) < 4.78 is 72.2. The second-order valence-electron chi connectivity index (χ2n) is 8.68. The van der Waals surface area contributed by atoms with E-state index >= 15 is 0 Å². The maximum atomic E-state index is 13.8. The highest BCUT2D eigenvalue weighted by molar-refractivity contribution is 5.35. The molecule has 0 aromatic heterocycles. The zero-order valence-corrected chi connectivity index (χ0v) is 21.1. The van der Waals surface area contributed by atoms with E-state index in [0.29, 0.717) is 13.0 Å². The molecule has 1 unspecified atom stereocenters. The lowest BCUT2D eigenvalue weighted by molar-refractivity contribution is -0.895. The number of alkyl halides is 3. The van der Waals surface area contributed by atoms with E-state index in [2.05, 4.69) is 0 Å². The van der Waals surface area contributed by atoms with E-state index in [0.717, 1.165) is 16.7 Å². The smallest absolute Gasteiger partial charge is 0.394 e. The monoisotopic (exact) mass is 571 g/mol. The number of hydrogen-bond donors (Lipinski definition) is 0. The van der Waals surface area contributed by atoms with E-state index in [-0.39, 0.29) is 53.6 Å². The highest BCUT2D eigenvalue weighted by Gasteiger charge is 2.33. The maximum absolute atomic E-state index is 13.8. The molecule has 180 valence electrons. The molecular formula is C24H31F5INO. The number of ether oxygens (including phenoxy) is 1. The van der Waals surface area contributed by atoms with Gasteiger partial charge in [0.1, 0.15) is 24.3 Å². The van der Waals surface area contributed by atoms with Crippen molar-refractivity contribution in [3.63, 3.8) is 0 Å². The van der Waals surface area contributed by atoms with Crippen LogP contribution in [0, 0.1) is 25.5 Å². The second kappa shape index (κ2) is 12.3. The molecule has 0 amide bonds. The molecule has 0 fully saturated rings. The topological polar surface area (TPSA) is 9.23 Å². The maximum Gasteiger partial charge on any atom is 0.394 e. The number of likely N-dealkylation sites (N-methyl/N-ethyl adjacent to an activating group) is 1. The average molecular weight is 571 g/mol. The molecule has 0 aliphatic carbocycles. The molecule has 0 N–H and O–H groups in total. The van der Waals surface area contributed by atoms with Crippen LogP contribution in [-0.4, -0.2) is 44.5 Å². The van der Waals surface area contributed by atoms with Gasteiger partial charge in [-0.15, -0.1) is 0 Å². The Morgan fingerprint density at radius 2 is 1.47 bits per heavy atom. The Hall–Kier alpha value is -1.26. The minimum absolute atomic E-state index is 0. The standard InChI is InChI=1S/C24H31F5NO.HI/c1-17-8-5-9-18(2)23(17)22(16-30(3,4)14-13-24(27,28)29)31-15-7-10-19-20(25)11-6-12-21(19)26;/h5-6,8-9,11-12,22H,7,10,13-16H2,1-4H3;1H/q+1;/p-1. The molecule has 2 rings (SSSR count). The third kappa shape index (κ3) is 8.94. The molecule has 0 aliphatic heterocycles. The molecular weight excluding hydrogens is 540 g/mol. The summed E-state index contributed by atoms with van der Waals surface area (Å²) in [6, 6.07) is 9.59. The zero-order valence-electron chi connectivity index (χ0n) is 18.9. The van der Waals surface area contributed by atoms with Crippen LogP contribution in [0.3, 0.4) is 0 Å². The van der Waals surface area contributed by atoms with Crippen LogP contribution in [0.25, 0.3) is 0 Å². The van der Waals surface area contributed by atoms with E-state index in [1.807, 2.05) is 32.0 Å². The highest BCUT2D eigenvalue weighted by Crippen LogP contribution is 2.29. The minimum atomic E-state index is -4.21. The molecule has 1 atom stereocenters. The first-order valence-corrected chi connectivity index (χ1v) is 10.4. The van der Waals surface area contributed by atoms with Crippen molar-refractivity contribution >= 4 is 0 Å². The van der Waals surface area contributed by atoms with Gasteiger partial charge in [0.05, 0.1) is 27.1 Å². The van der Waals surface area contributed by atoms with Crippen LogP contribution in [-0.2, 0) is 11.2 Å². The number of quaternary nitrogens is 1. The Balaban J connectivity index is 0.00000512. The Morgan fingerprint density at radius 3 is 2.00 bits per heavy atom. The predicted molar refractivity (Wildman–Crippen MR) is 112 cm³/mol. The van der Waals surface area contributed by atoms with Gasteiger partial charge in [0.15, 0.2) is 0 Å². The summed E-state index contributed by atoms with van der Waals surface area (Å²) in [6.07, 6.45) is -4.92. The molecule has 0 saturated heterocycles. The van der Waals surface area contributed by atoms with Gasteiger partial charge in [-0.25, -0.2) is 8.78 Å². The van der Waals surface area contributed by atoms with Crippen LogP contribution >= 0.6 is 0 Å². The van der Waals surface area contributed by atoms with Crippen molar-refractivity contribution in [2.75, 3.05) is 33.8 Å². The van der Waals surface area contributed by atoms with Crippen molar-refractivity contribution in [2.45, 2.75) is 45.4 Å². The molecule has 0 aliphatic rings. The van der Waals surface area contributed by atoms with Gasteiger partial charge in [-0.05, 0) is 55.5 Å². The number of aryl methyl sites for hydroxylation is 2. The number of benzene rings is 2. The van der Waals surface area contributed by atoms with Gasteiger partial charge in [0.2, 0.25) is 0 Å². The third-order valence-electron chi connectivity index (χ3n) is 5.48. The first-order chi connectivity index (χ1) is 14.4. The summed E-state index contributed by atoms with van der Waals surface area (Å²) >= 11 is 0. The molecule has 32 heavy (non-hydrogen) atoms.